The Balaban J connectivity index is -0.0000000450. The number of halogens is 2. The van der Waals surface area contributed by atoms with Gasteiger partial charge in [-0.05, 0) is 0 Å². The van der Waals surface area contributed by atoms with E-state index in [1.807, 2.05) is 0 Å². The van der Waals surface area contributed by atoms with Gasteiger partial charge in [-0.3, -0.25) is 0 Å². The van der Waals surface area contributed by atoms with Crippen LogP contribution in [0.1, 0.15) is 0 Å². The van der Waals surface area contributed by atoms with E-state index in [1.165, 1.54) is 4.90 Å². The molecule has 0 fully saturated rings. The molecule has 0 aromatic rings. The number of rotatable bonds is 0. The maximum atomic E-state index is 2.08. The fraction of sp³-hybridized carbons (Fsp3) is 1.00. The van der Waals surface area contributed by atoms with Crippen LogP contribution in [0.25, 0.3) is 0 Å². The van der Waals surface area contributed by atoms with Gasteiger partial charge < -0.3 is 38.9 Å². The van der Waals surface area contributed by atoms with Gasteiger partial charge in [-0.15, -0.1) is 0 Å². The number of hydrogen-bond donors (Lipinski definition) is 1. The Labute approximate surface area is 60.3 Å². The van der Waals surface area contributed by atoms with Gasteiger partial charge in [0, 0.05) is 0 Å². The fourth-order valence-corrected chi connectivity index (χ4v) is 0. The van der Waals surface area contributed by atoms with Crippen molar-refractivity contribution in [1.82, 2.24) is 0 Å². The lowest BCUT2D eigenvalue weighted by Crippen LogP contribution is -3.02. The third-order valence-corrected chi connectivity index (χ3v) is 0. The first kappa shape index (κ1) is 15.8. The van der Waals surface area contributed by atoms with Crippen LogP contribution >= 0.6 is 0 Å². The lowest BCUT2D eigenvalue weighted by Gasteiger charge is -1.88. The molecule has 0 aliphatic heterocycles. The zero-order valence-corrected chi connectivity index (χ0v) is 7.43. The molecule has 0 spiro atoms. The molecule has 3 heteroatoms. The van der Waals surface area contributed by atoms with Crippen molar-refractivity contribution in [2.24, 2.45) is 0 Å². The van der Waals surface area contributed by atoms with Crippen LogP contribution in [0.3, 0.4) is 0 Å². The molecule has 0 heterocycles. The van der Waals surface area contributed by atoms with E-state index in [0.29, 0.717) is 0 Å². The van der Waals surface area contributed by atoms with Crippen molar-refractivity contribution in [3.8, 4) is 0 Å². The second-order valence-corrected chi connectivity index (χ2v) is 1.50. The molecule has 0 rings (SSSR count). The highest BCUT2D eigenvalue weighted by molar-refractivity contribution is 3.59. The van der Waals surface area contributed by atoms with E-state index in [9.17, 15) is 0 Å². The Kier molecular flexibility index (Phi) is 24.5. The molecule has 0 saturated carbocycles. The zero-order valence-electron chi connectivity index (χ0n) is 4.26. The molecular weight excluding hydrogens is 210 g/mol. The van der Waals surface area contributed by atoms with E-state index in [4.69, 9.17) is 0 Å². The molecule has 42 valence electrons. The minimum atomic E-state index is 0. The highest BCUT2D eigenvalue weighted by atomic mass is 79.9. The van der Waals surface area contributed by atoms with Gasteiger partial charge in [0.25, 0.3) is 0 Å². The highest BCUT2D eigenvalue weighted by Gasteiger charge is 1.61. The molecule has 0 aromatic heterocycles. The molecule has 1 N–H and O–H groups in total. The Bertz CT molecular complexity index is 13.5. The average Bonchev–Trinajstić information content (AvgIpc) is 0.811. The monoisotopic (exact) mass is 218 g/mol. The molecule has 0 aliphatic rings. The van der Waals surface area contributed by atoms with Crippen molar-refractivity contribution in [3.05, 3.63) is 0 Å². The SMILES string of the molecule is C[NH+](C)C.[Br-].[Br-]. The minimum Gasteiger partial charge on any atom is -1.00 e. The third kappa shape index (κ3) is 89.3. The van der Waals surface area contributed by atoms with E-state index in [1.54, 1.807) is 0 Å². The number of hydrogen-bond acceptors (Lipinski definition) is 0. The van der Waals surface area contributed by atoms with Crippen LogP contribution in [0.2, 0.25) is 0 Å². The van der Waals surface area contributed by atoms with Crippen LogP contribution < -0.4 is 38.9 Å². The molecule has 6 heavy (non-hydrogen) atoms. The van der Waals surface area contributed by atoms with Crippen LogP contribution in [0.15, 0.2) is 0 Å². The summed E-state index contributed by atoms with van der Waals surface area (Å²) < 4.78 is 0. The summed E-state index contributed by atoms with van der Waals surface area (Å²) in [5, 5.41) is 0. The average molecular weight is 220 g/mol. The fourth-order valence-electron chi connectivity index (χ4n) is 0. The first-order chi connectivity index (χ1) is 1.73. The van der Waals surface area contributed by atoms with Crippen LogP contribution in [0.5, 0.6) is 0 Å². The summed E-state index contributed by atoms with van der Waals surface area (Å²) >= 11 is 0. The van der Waals surface area contributed by atoms with Crippen molar-refractivity contribution < 1.29 is 38.9 Å². The van der Waals surface area contributed by atoms with Crippen LogP contribution in [-0.2, 0) is 0 Å². The van der Waals surface area contributed by atoms with Gasteiger partial charge in [0.2, 0.25) is 0 Å². The first-order valence-electron chi connectivity index (χ1n) is 1.50. The molecule has 0 atom stereocenters. The Morgan fingerprint density at radius 2 is 0.833 bits per heavy atom. The molecule has 0 unspecified atom stereocenters. The maximum Gasteiger partial charge on any atom is 0.0661 e. The van der Waals surface area contributed by atoms with Crippen LogP contribution in [0.4, 0.5) is 0 Å². The van der Waals surface area contributed by atoms with Crippen molar-refractivity contribution in [3.63, 3.8) is 0 Å². The van der Waals surface area contributed by atoms with Crippen molar-refractivity contribution >= 4 is 0 Å². The Hall–Kier alpha value is 0.920. The van der Waals surface area contributed by atoms with Crippen LogP contribution in [0, 0.1) is 0 Å². The standard InChI is InChI=1S/C3H9N.2BrH/c1-4(2)3;;/h1-3H3;2*1H/p-1. The van der Waals surface area contributed by atoms with Gasteiger partial charge in [-0.2, -0.15) is 0 Å². The van der Waals surface area contributed by atoms with Crippen molar-refractivity contribution in [2.75, 3.05) is 21.1 Å². The Morgan fingerprint density at radius 1 is 0.833 bits per heavy atom. The van der Waals surface area contributed by atoms with Gasteiger partial charge >= 0.3 is 0 Å². The summed E-state index contributed by atoms with van der Waals surface area (Å²) in [6, 6.07) is 0. The highest BCUT2D eigenvalue weighted by Crippen LogP contribution is 0.864. The van der Waals surface area contributed by atoms with E-state index < -0.39 is 0 Å². The van der Waals surface area contributed by atoms with Gasteiger partial charge in [-0.25, -0.2) is 0 Å². The molecule has 0 bridgehead atoms. The lowest BCUT2D eigenvalue weighted by atomic mass is 11.0. The molecular formula is C3H10Br2N-. The van der Waals surface area contributed by atoms with Crippen molar-refractivity contribution in [1.29, 1.82) is 0 Å². The molecule has 0 saturated heterocycles. The topological polar surface area (TPSA) is 4.44 Å². The minimum absolute atomic E-state index is 0. The Morgan fingerprint density at radius 3 is 0.833 bits per heavy atom. The summed E-state index contributed by atoms with van der Waals surface area (Å²) in [7, 11) is 6.25. The summed E-state index contributed by atoms with van der Waals surface area (Å²) in [5.74, 6) is 0. The van der Waals surface area contributed by atoms with E-state index in [2.05, 4.69) is 21.1 Å². The van der Waals surface area contributed by atoms with Gasteiger partial charge in [-0.1, -0.05) is 0 Å². The number of nitrogens with one attached hydrogen (secondary N) is 1. The first-order valence-corrected chi connectivity index (χ1v) is 1.50. The summed E-state index contributed by atoms with van der Waals surface area (Å²) in [6.45, 7) is 0. The lowest BCUT2D eigenvalue weighted by molar-refractivity contribution is -0.836. The second-order valence-electron chi connectivity index (χ2n) is 1.50. The van der Waals surface area contributed by atoms with Crippen LogP contribution in [-0.4, -0.2) is 21.1 Å². The van der Waals surface area contributed by atoms with Crippen molar-refractivity contribution in [2.45, 2.75) is 0 Å². The molecule has 0 aliphatic carbocycles. The van der Waals surface area contributed by atoms with Gasteiger partial charge in [0.05, 0.1) is 21.1 Å². The predicted molar refractivity (Wildman–Crippen MR) is 18.7 cm³/mol. The summed E-state index contributed by atoms with van der Waals surface area (Å²) in [5.41, 5.74) is 0. The normalized spacial score (nSPS) is 6.00. The van der Waals surface area contributed by atoms with E-state index in [-0.39, 0.29) is 34.0 Å². The quantitative estimate of drug-likeness (QED) is 0.413. The maximum absolute atomic E-state index is 2.08. The molecule has 0 radical (unpaired) electrons. The van der Waals surface area contributed by atoms with E-state index in [0.717, 1.165) is 0 Å². The third-order valence-electron chi connectivity index (χ3n) is 0. The van der Waals surface area contributed by atoms with Gasteiger partial charge in [0.15, 0.2) is 0 Å². The smallest absolute Gasteiger partial charge is 0.0661 e. The molecule has 1 nitrogen and oxygen atoms in total. The summed E-state index contributed by atoms with van der Waals surface area (Å²) in [6.07, 6.45) is 0. The van der Waals surface area contributed by atoms with Gasteiger partial charge in [0.1, 0.15) is 0 Å². The second kappa shape index (κ2) is 9.33. The van der Waals surface area contributed by atoms with E-state index >= 15 is 0 Å². The summed E-state index contributed by atoms with van der Waals surface area (Å²) in [4.78, 5) is 1.42. The molecule has 0 amide bonds. The largest absolute Gasteiger partial charge is 1.00 e. The zero-order chi connectivity index (χ0) is 3.58. The number of quaternary nitrogens is 1. The molecule has 0 aromatic carbocycles. The predicted octanol–water partition coefficient (Wildman–Crippen LogP) is -7.23.